The molecule has 5 heteroatoms. The minimum absolute atomic E-state index is 0.472. The summed E-state index contributed by atoms with van der Waals surface area (Å²) in [7, 11) is 0. The van der Waals surface area contributed by atoms with Crippen LogP contribution in [0.25, 0.3) is 0 Å². The topological polar surface area (TPSA) is 63.0 Å². The summed E-state index contributed by atoms with van der Waals surface area (Å²) in [4.78, 5) is 0. The highest BCUT2D eigenvalue weighted by Crippen LogP contribution is 2.27. The minimum atomic E-state index is -0.472. The highest BCUT2D eigenvalue weighted by Gasteiger charge is 2.28. The van der Waals surface area contributed by atoms with Gasteiger partial charge in [-0.15, -0.1) is 5.10 Å². The van der Waals surface area contributed by atoms with Gasteiger partial charge in [-0.25, -0.2) is 0 Å². The molecular weight excluding hydrogens is 204 g/mol. The molecule has 16 heavy (non-hydrogen) atoms. The number of nitrogens with one attached hydrogen (secondary N) is 1. The van der Waals surface area contributed by atoms with E-state index in [0.29, 0.717) is 6.54 Å². The summed E-state index contributed by atoms with van der Waals surface area (Å²) in [6, 6.07) is 0. The molecule has 2 rings (SSSR count). The number of aromatic nitrogens is 3. The number of nitrogens with zero attached hydrogens (tertiary/aromatic N) is 3. The number of hydrogen-bond donors (Lipinski definition) is 2. The molecule has 0 atom stereocenters. The predicted octanol–water partition coefficient (Wildman–Crippen LogP) is 0.563. The maximum Gasteiger partial charge on any atom is 0.0771 e. The Hall–Kier alpha value is -0.940. The van der Waals surface area contributed by atoms with E-state index < -0.39 is 5.60 Å². The zero-order valence-corrected chi connectivity index (χ0v) is 9.60. The average molecular weight is 224 g/mol. The quantitative estimate of drug-likeness (QED) is 0.717. The predicted molar refractivity (Wildman–Crippen MR) is 60.9 cm³/mol. The third-order valence-electron chi connectivity index (χ3n) is 3.23. The lowest BCUT2D eigenvalue weighted by molar-refractivity contribution is 0.00490. The molecule has 5 nitrogen and oxygen atoms in total. The lowest BCUT2D eigenvalue weighted by Gasteiger charge is -2.32. The van der Waals surface area contributed by atoms with Crippen LogP contribution in [0.4, 0.5) is 0 Å². The van der Waals surface area contributed by atoms with E-state index in [1.54, 1.807) is 10.9 Å². The fourth-order valence-electron chi connectivity index (χ4n) is 2.25. The van der Waals surface area contributed by atoms with Crippen molar-refractivity contribution in [1.29, 1.82) is 0 Å². The Morgan fingerprint density at radius 2 is 2.12 bits per heavy atom. The van der Waals surface area contributed by atoms with Gasteiger partial charge in [0.25, 0.3) is 0 Å². The van der Waals surface area contributed by atoms with Crippen molar-refractivity contribution in [2.24, 2.45) is 0 Å². The molecule has 0 amide bonds. The Labute approximate surface area is 95.8 Å². The van der Waals surface area contributed by atoms with Gasteiger partial charge in [-0.1, -0.05) is 24.5 Å². The fraction of sp³-hybridized carbons (Fsp3) is 0.818. The second-order valence-corrected chi connectivity index (χ2v) is 4.63. The van der Waals surface area contributed by atoms with Gasteiger partial charge in [0.2, 0.25) is 0 Å². The Kier molecular flexibility index (Phi) is 3.90. The third kappa shape index (κ3) is 3.28. The lowest BCUT2D eigenvalue weighted by atomic mass is 9.85. The molecule has 90 valence electrons. The highest BCUT2D eigenvalue weighted by molar-refractivity contribution is 4.84. The van der Waals surface area contributed by atoms with Crippen molar-refractivity contribution in [1.82, 2.24) is 20.3 Å². The molecule has 1 aliphatic carbocycles. The fourth-order valence-corrected chi connectivity index (χ4v) is 2.25. The first kappa shape index (κ1) is 11.5. The van der Waals surface area contributed by atoms with E-state index in [9.17, 15) is 5.11 Å². The molecule has 1 aromatic rings. The van der Waals surface area contributed by atoms with Gasteiger partial charge in [0, 0.05) is 19.3 Å². The van der Waals surface area contributed by atoms with Gasteiger partial charge in [-0.2, -0.15) is 0 Å². The number of rotatable bonds is 5. The van der Waals surface area contributed by atoms with Crippen LogP contribution in [0.2, 0.25) is 0 Å². The van der Waals surface area contributed by atoms with Crippen LogP contribution < -0.4 is 5.32 Å². The van der Waals surface area contributed by atoms with Crippen LogP contribution in [-0.4, -0.2) is 38.8 Å². The molecule has 0 spiro atoms. The summed E-state index contributed by atoms with van der Waals surface area (Å²) in [5.74, 6) is 0. The molecule has 0 aromatic carbocycles. The standard InChI is InChI=1S/C11H20N4O/c16-11(4-2-1-3-5-11)10-12-6-8-15-9-7-13-14-15/h7,9,12,16H,1-6,8,10H2. The van der Waals surface area contributed by atoms with E-state index in [-0.39, 0.29) is 0 Å². The van der Waals surface area contributed by atoms with E-state index in [0.717, 1.165) is 38.8 Å². The summed E-state index contributed by atoms with van der Waals surface area (Å²) < 4.78 is 1.79. The Morgan fingerprint density at radius 1 is 1.31 bits per heavy atom. The van der Waals surface area contributed by atoms with Crippen LogP contribution in [0.15, 0.2) is 12.4 Å². The zero-order valence-electron chi connectivity index (χ0n) is 9.60. The van der Waals surface area contributed by atoms with Gasteiger partial charge in [0.15, 0.2) is 0 Å². The van der Waals surface area contributed by atoms with E-state index in [1.807, 2.05) is 6.20 Å². The summed E-state index contributed by atoms with van der Waals surface area (Å²) in [5, 5.41) is 21.1. The second-order valence-electron chi connectivity index (χ2n) is 4.63. The van der Waals surface area contributed by atoms with Gasteiger partial charge in [0.05, 0.1) is 18.3 Å². The number of hydrogen-bond acceptors (Lipinski definition) is 4. The van der Waals surface area contributed by atoms with Crippen molar-refractivity contribution in [3.05, 3.63) is 12.4 Å². The van der Waals surface area contributed by atoms with Gasteiger partial charge in [-0.3, -0.25) is 4.68 Å². The average Bonchev–Trinajstić information content (AvgIpc) is 2.78. The first-order valence-corrected chi connectivity index (χ1v) is 6.06. The molecule has 0 bridgehead atoms. The molecular formula is C11H20N4O. The molecule has 2 N–H and O–H groups in total. The molecule has 1 aromatic heterocycles. The molecule has 1 fully saturated rings. The maximum atomic E-state index is 10.2. The van der Waals surface area contributed by atoms with Crippen molar-refractivity contribution in [3.8, 4) is 0 Å². The van der Waals surface area contributed by atoms with E-state index in [1.165, 1.54) is 6.42 Å². The van der Waals surface area contributed by atoms with Crippen LogP contribution >= 0.6 is 0 Å². The van der Waals surface area contributed by atoms with E-state index >= 15 is 0 Å². The van der Waals surface area contributed by atoms with Crippen molar-refractivity contribution in [2.45, 2.75) is 44.2 Å². The normalized spacial score (nSPS) is 19.8. The van der Waals surface area contributed by atoms with Crippen LogP contribution in [-0.2, 0) is 6.54 Å². The molecule has 1 aliphatic rings. The SMILES string of the molecule is OC1(CNCCn2ccnn2)CCCCC1. The van der Waals surface area contributed by atoms with Gasteiger partial charge >= 0.3 is 0 Å². The largest absolute Gasteiger partial charge is 0.389 e. The lowest BCUT2D eigenvalue weighted by Crippen LogP contribution is -2.42. The summed E-state index contributed by atoms with van der Waals surface area (Å²) in [5.41, 5.74) is -0.472. The summed E-state index contributed by atoms with van der Waals surface area (Å²) in [6.07, 6.45) is 8.96. The van der Waals surface area contributed by atoms with Gasteiger partial charge < -0.3 is 10.4 Å². The van der Waals surface area contributed by atoms with Gasteiger partial charge in [-0.05, 0) is 12.8 Å². The van der Waals surface area contributed by atoms with Gasteiger partial charge in [0.1, 0.15) is 0 Å². The maximum absolute atomic E-state index is 10.2. The van der Waals surface area contributed by atoms with Crippen molar-refractivity contribution < 1.29 is 5.11 Å². The second kappa shape index (κ2) is 5.41. The van der Waals surface area contributed by atoms with Crippen molar-refractivity contribution >= 4 is 0 Å². The number of aliphatic hydroxyl groups is 1. The first-order valence-electron chi connectivity index (χ1n) is 6.06. The summed E-state index contributed by atoms with van der Waals surface area (Å²) in [6.45, 7) is 2.32. The molecule has 1 heterocycles. The molecule has 0 radical (unpaired) electrons. The minimum Gasteiger partial charge on any atom is -0.389 e. The first-order chi connectivity index (χ1) is 7.79. The molecule has 0 saturated heterocycles. The smallest absolute Gasteiger partial charge is 0.0771 e. The molecule has 0 aliphatic heterocycles. The third-order valence-corrected chi connectivity index (χ3v) is 3.23. The monoisotopic (exact) mass is 224 g/mol. The summed E-state index contributed by atoms with van der Waals surface area (Å²) >= 11 is 0. The Balaban J connectivity index is 1.63. The van der Waals surface area contributed by atoms with Crippen LogP contribution in [0, 0.1) is 0 Å². The van der Waals surface area contributed by atoms with E-state index in [2.05, 4.69) is 15.6 Å². The van der Waals surface area contributed by atoms with Crippen LogP contribution in [0.3, 0.4) is 0 Å². The Morgan fingerprint density at radius 3 is 2.81 bits per heavy atom. The highest BCUT2D eigenvalue weighted by atomic mass is 16.3. The van der Waals surface area contributed by atoms with Crippen LogP contribution in [0.5, 0.6) is 0 Å². The van der Waals surface area contributed by atoms with Crippen molar-refractivity contribution in [2.75, 3.05) is 13.1 Å². The molecule has 1 saturated carbocycles. The van der Waals surface area contributed by atoms with Crippen molar-refractivity contribution in [3.63, 3.8) is 0 Å². The zero-order chi connectivity index (χ0) is 11.3. The van der Waals surface area contributed by atoms with Crippen LogP contribution in [0.1, 0.15) is 32.1 Å². The van der Waals surface area contributed by atoms with E-state index in [4.69, 9.17) is 0 Å². The molecule has 0 unspecified atom stereocenters. The Bertz CT molecular complexity index is 293.